The largest absolute Gasteiger partial charge is 0.347 e. The number of amides is 1. The van der Waals surface area contributed by atoms with Crippen LogP contribution < -0.4 is 10.6 Å². The Morgan fingerprint density at radius 2 is 2.18 bits per heavy atom. The summed E-state index contributed by atoms with van der Waals surface area (Å²) in [6.07, 6.45) is 5.16. The average Bonchev–Trinajstić information content (AvgIpc) is 3.24. The molecule has 3 heterocycles. The fraction of sp³-hybridized carbons (Fsp3) is 0.375. The van der Waals surface area contributed by atoms with Gasteiger partial charge in [-0.1, -0.05) is 30.0 Å². The van der Waals surface area contributed by atoms with E-state index in [4.69, 9.17) is 0 Å². The van der Waals surface area contributed by atoms with Crippen molar-refractivity contribution in [3.05, 3.63) is 41.4 Å². The highest BCUT2D eigenvalue weighted by Gasteiger charge is 2.39. The lowest BCUT2D eigenvalue weighted by atomic mass is 9.95. The molecule has 2 saturated heterocycles. The smallest absolute Gasteiger partial charge is 0.263 e. The van der Waals surface area contributed by atoms with Crippen LogP contribution in [0.25, 0.3) is 0 Å². The second-order valence-corrected chi connectivity index (χ2v) is 8.12. The van der Waals surface area contributed by atoms with Crippen molar-refractivity contribution in [2.75, 3.05) is 0 Å². The van der Waals surface area contributed by atoms with Crippen LogP contribution in [0, 0.1) is 0 Å². The number of hydrogen-bond acceptors (Lipinski definition) is 5. The maximum atomic E-state index is 12.4. The molecule has 114 valence electrons. The molecule has 0 radical (unpaired) electrons. The van der Waals surface area contributed by atoms with Crippen molar-refractivity contribution in [3.63, 3.8) is 0 Å². The van der Waals surface area contributed by atoms with E-state index in [-0.39, 0.29) is 11.9 Å². The lowest BCUT2D eigenvalue weighted by Gasteiger charge is -2.20. The molecule has 3 atom stereocenters. The average molecular weight is 331 g/mol. The SMILES string of the molecule is O=C(N[C@@H]1C[C@H]2CC[C@@H]1N2)c1cnc(Sc2ccccc2)s1. The normalized spacial score (nSPS) is 26.3. The highest BCUT2D eigenvalue weighted by molar-refractivity contribution is 8.01. The number of nitrogens with zero attached hydrogens (tertiary/aromatic N) is 1. The van der Waals surface area contributed by atoms with Crippen LogP contribution in [0.15, 0.2) is 45.8 Å². The lowest BCUT2D eigenvalue weighted by Crippen LogP contribution is -2.42. The molecule has 2 fully saturated rings. The van der Waals surface area contributed by atoms with E-state index in [1.54, 1.807) is 18.0 Å². The molecule has 2 N–H and O–H groups in total. The fourth-order valence-corrected chi connectivity index (χ4v) is 5.10. The maximum absolute atomic E-state index is 12.4. The van der Waals surface area contributed by atoms with E-state index in [2.05, 4.69) is 15.6 Å². The van der Waals surface area contributed by atoms with Crippen LogP contribution in [0.1, 0.15) is 28.9 Å². The second kappa shape index (κ2) is 6.02. The predicted molar refractivity (Wildman–Crippen MR) is 88.5 cm³/mol. The van der Waals surface area contributed by atoms with E-state index < -0.39 is 0 Å². The topological polar surface area (TPSA) is 54.0 Å². The minimum atomic E-state index is 0.0109. The summed E-state index contributed by atoms with van der Waals surface area (Å²) < 4.78 is 0.905. The summed E-state index contributed by atoms with van der Waals surface area (Å²) in [7, 11) is 0. The Labute approximate surface area is 137 Å². The first-order valence-corrected chi connectivity index (χ1v) is 9.17. The van der Waals surface area contributed by atoms with Gasteiger partial charge in [0.1, 0.15) is 4.88 Å². The first-order chi connectivity index (χ1) is 10.8. The third-order valence-electron chi connectivity index (χ3n) is 4.27. The number of thiazole rings is 1. The Morgan fingerprint density at radius 3 is 2.91 bits per heavy atom. The van der Waals surface area contributed by atoms with E-state index in [0.29, 0.717) is 17.0 Å². The monoisotopic (exact) mass is 331 g/mol. The van der Waals surface area contributed by atoms with Gasteiger partial charge in [-0.2, -0.15) is 0 Å². The molecule has 6 heteroatoms. The van der Waals surface area contributed by atoms with Gasteiger partial charge in [-0.05, 0) is 31.4 Å². The van der Waals surface area contributed by atoms with Crippen molar-refractivity contribution in [1.29, 1.82) is 0 Å². The molecule has 1 amide bonds. The lowest BCUT2D eigenvalue weighted by molar-refractivity contribution is 0.0935. The van der Waals surface area contributed by atoms with Gasteiger partial charge in [-0.3, -0.25) is 4.79 Å². The van der Waals surface area contributed by atoms with Gasteiger partial charge in [-0.15, -0.1) is 11.3 Å². The molecule has 22 heavy (non-hydrogen) atoms. The first-order valence-electron chi connectivity index (χ1n) is 7.53. The van der Waals surface area contributed by atoms with Gasteiger partial charge in [0.2, 0.25) is 0 Å². The number of nitrogens with one attached hydrogen (secondary N) is 2. The quantitative estimate of drug-likeness (QED) is 0.904. The molecule has 4 rings (SSSR count). The molecule has 2 aliphatic heterocycles. The number of aromatic nitrogens is 1. The molecule has 2 aliphatic rings. The summed E-state index contributed by atoms with van der Waals surface area (Å²) in [5.41, 5.74) is 0. The molecule has 4 nitrogen and oxygen atoms in total. The minimum absolute atomic E-state index is 0.0109. The summed E-state index contributed by atoms with van der Waals surface area (Å²) >= 11 is 3.05. The first kappa shape index (κ1) is 14.2. The summed E-state index contributed by atoms with van der Waals surface area (Å²) in [6.45, 7) is 0. The molecule has 0 aliphatic carbocycles. The molecule has 0 spiro atoms. The number of hydrogen-bond donors (Lipinski definition) is 2. The van der Waals surface area contributed by atoms with Gasteiger partial charge in [0, 0.05) is 23.0 Å². The highest BCUT2D eigenvalue weighted by atomic mass is 32.2. The van der Waals surface area contributed by atoms with E-state index >= 15 is 0 Å². The zero-order chi connectivity index (χ0) is 14.9. The third kappa shape index (κ3) is 2.91. The summed E-state index contributed by atoms with van der Waals surface area (Å²) in [5.74, 6) is 0.0109. The van der Waals surface area contributed by atoms with Gasteiger partial charge in [0.25, 0.3) is 5.91 Å². The number of rotatable bonds is 4. The van der Waals surface area contributed by atoms with Crippen LogP contribution in [0.2, 0.25) is 0 Å². The fourth-order valence-electron chi connectivity index (χ4n) is 3.22. The molecule has 1 aromatic heterocycles. The van der Waals surface area contributed by atoms with Crippen molar-refractivity contribution in [1.82, 2.24) is 15.6 Å². The van der Waals surface area contributed by atoms with Crippen molar-refractivity contribution >= 4 is 29.0 Å². The number of carbonyl (C=O) groups excluding carboxylic acids is 1. The molecule has 0 saturated carbocycles. The van der Waals surface area contributed by atoms with E-state index in [9.17, 15) is 4.79 Å². The van der Waals surface area contributed by atoms with Crippen LogP contribution in [-0.2, 0) is 0 Å². The standard InChI is InChI=1S/C16H17N3OS2/c20-15(19-13-8-10-6-7-12(13)18-10)14-9-17-16(22-14)21-11-4-2-1-3-5-11/h1-5,9-10,12-13,18H,6-8H2,(H,19,20)/t10-,12+,13-/m1/s1. The third-order valence-corrected chi connectivity index (χ3v) is 6.35. The minimum Gasteiger partial charge on any atom is -0.347 e. The van der Waals surface area contributed by atoms with Gasteiger partial charge in [0.05, 0.1) is 6.20 Å². The number of fused-ring (bicyclic) bond motifs is 2. The summed E-state index contributed by atoms with van der Waals surface area (Å²) in [5, 5.41) is 6.71. The molecule has 0 unspecified atom stereocenters. The van der Waals surface area contributed by atoms with Gasteiger partial charge in [-0.25, -0.2) is 4.98 Å². The van der Waals surface area contributed by atoms with Crippen LogP contribution in [0.5, 0.6) is 0 Å². The van der Waals surface area contributed by atoms with Gasteiger partial charge in [0.15, 0.2) is 4.34 Å². The highest BCUT2D eigenvalue weighted by Crippen LogP contribution is 2.32. The number of carbonyl (C=O) groups is 1. The zero-order valence-electron chi connectivity index (χ0n) is 12.0. The van der Waals surface area contributed by atoms with Crippen LogP contribution in [0.4, 0.5) is 0 Å². The zero-order valence-corrected chi connectivity index (χ0v) is 13.6. The van der Waals surface area contributed by atoms with Crippen LogP contribution in [-0.4, -0.2) is 29.0 Å². The molecule has 2 bridgehead atoms. The Bertz CT molecular complexity index is 673. The van der Waals surface area contributed by atoms with Crippen LogP contribution >= 0.6 is 23.1 Å². The Kier molecular flexibility index (Phi) is 3.90. The summed E-state index contributed by atoms with van der Waals surface area (Å²) in [6, 6.07) is 11.4. The van der Waals surface area contributed by atoms with Crippen molar-refractivity contribution in [3.8, 4) is 0 Å². The van der Waals surface area contributed by atoms with Gasteiger partial charge < -0.3 is 10.6 Å². The molecular weight excluding hydrogens is 314 g/mol. The van der Waals surface area contributed by atoms with E-state index in [0.717, 1.165) is 15.7 Å². The second-order valence-electron chi connectivity index (χ2n) is 5.77. The summed E-state index contributed by atoms with van der Waals surface area (Å²) in [4.78, 5) is 18.6. The Morgan fingerprint density at radius 1 is 1.32 bits per heavy atom. The van der Waals surface area contributed by atoms with Crippen LogP contribution in [0.3, 0.4) is 0 Å². The Balaban J connectivity index is 1.39. The Hall–Kier alpha value is -1.37. The molecule has 1 aromatic carbocycles. The maximum Gasteiger partial charge on any atom is 0.263 e. The number of benzene rings is 1. The van der Waals surface area contributed by atoms with E-state index in [1.165, 1.54) is 24.2 Å². The van der Waals surface area contributed by atoms with Gasteiger partial charge >= 0.3 is 0 Å². The van der Waals surface area contributed by atoms with Crippen molar-refractivity contribution in [2.24, 2.45) is 0 Å². The van der Waals surface area contributed by atoms with Crippen molar-refractivity contribution < 1.29 is 4.79 Å². The van der Waals surface area contributed by atoms with E-state index in [1.807, 2.05) is 30.3 Å². The predicted octanol–water partition coefficient (Wildman–Crippen LogP) is 2.92. The van der Waals surface area contributed by atoms with Crippen molar-refractivity contribution in [2.45, 2.75) is 46.6 Å². The molecule has 2 aromatic rings. The molecular formula is C16H17N3OS2.